The van der Waals surface area contributed by atoms with Gasteiger partial charge in [-0.15, -0.1) is 11.3 Å². The van der Waals surface area contributed by atoms with Crippen molar-refractivity contribution in [1.82, 2.24) is 0 Å². The van der Waals surface area contributed by atoms with E-state index in [4.69, 9.17) is 4.74 Å². The number of para-hydroxylation sites is 1. The molecule has 1 aliphatic heterocycles. The summed E-state index contributed by atoms with van der Waals surface area (Å²) < 4.78 is 5.24. The average molecular weight is 329 g/mol. The largest absolute Gasteiger partial charge is 0.452 e. The summed E-state index contributed by atoms with van der Waals surface area (Å²) in [5.41, 5.74) is 2.63. The lowest BCUT2D eigenvalue weighted by molar-refractivity contribution is -0.122. The molecule has 120 valence electrons. The van der Waals surface area contributed by atoms with Gasteiger partial charge in [0.25, 0.3) is 5.91 Å². The van der Waals surface area contributed by atoms with Crippen LogP contribution in [0, 0.1) is 13.8 Å². The quantitative estimate of drug-likeness (QED) is 0.810. The van der Waals surface area contributed by atoms with Gasteiger partial charge in [-0.2, -0.15) is 0 Å². The molecule has 1 aromatic carbocycles. The minimum atomic E-state index is -0.430. The van der Waals surface area contributed by atoms with Gasteiger partial charge in [-0.05, 0) is 44.9 Å². The Hall–Kier alpha value is -2.14. The molecule has 1 amide bonds. The third-order valence-electron chi connectivity index (χ3n) is 4.06. The van der Waals surface area contributed by atoms with Crippen LogP contribution < -0.4 is 4.90 Å². The van der Waals surface area contributed by atoms with Gasteiger partial charge in [-0.3, -0.25) is 4.79 Å². The molecule has 3 rings (SSSR count). The van der Waals surface area contributed by atoms with Crippen LogP contribution in [0.5, 0.6) is 0 Å². The van der Waals surface area contributed by atoms with Crippen molar-refractivity contribution in [2.75, 3.05) is 11.5 Å². The zero-order valence-electron chi connectivity index (χ0n) is 13.5. The van der Waals surface area contributed by atoms with E-state index in [-0.39, 0.29) is 18.6 Å². The topological polar surface area (TPSA) is 46.6 Å². The molecule has 0 saturated carbocycles. The first kappa shape index (κ1) is 15.7. The zero-order chi connectivity index (χ0) is 16.6. The van der Waals surface area contributed by atoms with Crippen molar-refractivity contribution in [3.8, 4) is 0 Å². The molecular formula is C18H19NO3S. The standard InChI is InChI=1S/C18H19NO3S/c1-11-8-14-6-4-5-7-16(14)19(11)17(20)10-22-18(21)15-9-12(2)23-13(15)3/h4-7,9,11H,8,10H2,1-3H3/t11-/m0/s1. The van der Waals surface area contributed by atoms with Crippen LogP contribution in [-0.4, -0.2) is 24.5 Å². The molecule has 23 heavy (non-hydrogen) atoms. The van der Waals surface area contributed by atoms with Crippen LogP contribution in [0.25, 0.3) is 0 Å². The fourth-order valence-corrected chi connectivity index (χ4v) is 3.97. The number of benzene rings is 1. The van der Waals surface area contributed by atoms with E-state index in [9.17, 15) is 9.59 Å². The first-order valence-corrected chi connectivity index (χ1v) is 8.43. The second kappa shape index (κ2) is 6.16. The lowest BCUT2D eigenvalue weighted by Crippen LogP contribution is -2.38. The van der Waals surface area contributed by atoms with Crippen molar-refractivity contribution in [2.45, 2.75) is 33.2 Å². The number of aryl methyl sites for hydroxylation is 2. The lowest BCUT2D eigenvalue weighted by atomic mass is 10.1. The van der Waals surface area contributed by atoms with Gasteiger partial charge >= 0.3 is 5.97 Å². The van der Waals surface area contributed by atoms with Crippen molar-refractivity contribution >= 4 is 28.9 Å². The van der Waals surface area contributed by atoms with Gasteiger partial charge in [0.2, 0.25) is 0 Å². The number of thiophene rings is 1. The molecule has 0 spiro atoms. The molecule has 1 aliphatic rings. The molecule has 0 unspecified atom stereocenters. The summed E-state index contributed by atoms with van der Waals surface area (Å²) in [4.78, 5) is 28.3. The molecule has 0 N–H and O–H groups in total. The molecule has 2 aromatic rings. The maximum atomic E-state index is 12.5. The van der Waals surface area contributed by atoms with Gasteiger partial charge in [0.05, 0.1) is 5.56 Å². The van der Waals surface area contributed by atoms with Crippen molar-refractivity contribution in [2.24, 2.45) is 0 Å². The Bertz CT molecular complexity index is 765. The summed E-state index contributed by atoms with van der Waals surface area (Å²) in [5, 5.41) is 0. The summed E-state index contributed by atoms with van der Waals surface area (Å²) in [7, 11) is 0. The number of nitrogens with zero attached hydrogens (tertiary/aromatic N) is 1. The summed E-state index contributed by atoms with van der Waals surface area (Å²) in [5.74, 6) is -0.610. The number of anilines is 1. The van der Waals surface area contributed by atoms with Crippen molar-refractivity contribution in [3.63, 3.8) is 0 Å². The Morgan fingerprint density at radius 3 is 2.74 bits per heavy atom. The number of ether oxygens (including phenoxy) is 1. The van der Waals surface area contributed by atoms with Gasteiger partial charge in [0, 0.05) is 21.5 Å². The van der Waals surface area contributed by atoms with Crippen molar-refractivity contribution in [3.05, 3.63) is 51.2 Å². The van der Waals surface area contributed by atoms with E-state index in [1.807, 2.05) is 45.0 Å². The predicted molar refractivity (Wildman–Crippen MR) is 91.2 cm³/mol. The first-order valence-electron chi connectivity index (χ1n) is 7.61. The average Bonchev–Trinajstić information content (AvgIpc) is 3.02. The monoisotopic (exact) mass is 329 g/mol. The van der Waals surface area contributed by atoms with Crippen LogP contribution >= 0.6 is 11.3 Å². The minimum Gasteiger partial charge on any atom is -0.452 e. The first-order chi connectivity index (χ1) is 11.0. The maximum absolute atomic E-state index is 12.5. The third kappa shape index (κ3) is 3.01. The van der Waals surface area contributed by atoms with E-state index in [0.29, 0.717) is 5.56 Å². The molecule has 0 radical (unpaired) electrons. The Morgan fingerprint density at radius 1 is 1.30 bits per heavy atom. The number of hydrogen-bond acceptors (Lipinski definition) is 4. The van der Waals surface area contributed by atoms with Gasteiger partial charge < -0.3 is 9.64 Å². The highest BCUT2D eigenvalue weighted by atomic mass is 32.1. The second-order valence-corrected chi connectivity index (χ2v) is 7.31. The highest BCUT2D eigenvalue weighted by Crippen LogP contribution is 2.31. The van der Waals surface area contributed by atoms with E-state index >= 15 is 0 Å². The molecule has 1 aromatic heterocycles. The number of esters is 1. The van der Waals surface area contributed by atoms with Crippen LogP contribution in [0.3, 0.4) is 0 Å². The number of carbonyl (C=O) groups excluding carboxylic acids is 2. The minimum absolute atomic E-state index is 0.0868. The molecule has 1 atom stereocenters. The van der Waals surface area contributed by atoms with Crippen LogP contribution in [-0.2, 0) is 16.0 Å². The van der Waals surface area contributed by atoms with Crippen LogP contribution in [0.1, 0.15) is 32.6 Å². The maximum Gasteiger partial charge on any atom is 0.339 e. The smallest absolute Gasteiger partial charge is 0.339 e. The van der Waals surface area contributed by atoms with E-state index < -0.39 is 5.97 Å². The van der Waals surface area contributed by atoms with Gasteiger partial charge in [0.1, 0.15) is 0 Å². The van der Waals surface area contributed by atoms with Crippen LogP contribution in [0.4, 0.5) is 5.69 Å². The van der Waals surface area contributed by atoms with E-state index in [0.717, 1.165) is 27.4 Å². The second-order valence-electron chi connectivity index (χ2n) is 5.85. The third-order valence-corrected chi connectivity index (χ3v) is 5.03. The Morgan fingerprint density at radius 2 is 2.04 bits per heavy atom. The normalized spacial score (nSPS) is 16.3. The Balaban J connectivity index is 1.68. The van der Waals surface area contributed by atoms with Crippen LogP contribution in [0.2, 0.25) is 0 Å². The molecule has 0 fully saturated rings. The van der Waals surface area contributed by atoms with Gasteiger partial charge in [-0.1, -0.05) is 18.2 Å². The summed E-state index contributed by atoms with van der Waals surface area (Å²) in [6.07, 6.45) is 0.832. The van der Waals surface area contributed by atoms with Gasteiger partial charge in [-0.25, -0.2) is 4.79 Å². The lowest BCUT2D eigenvalue weighted by Gasteiger charge is -2.22. The molecule has 5 heteroatoms. The number of carbonyl (C=O) groups is 2. The highest BCUT2D eigenvalue weighted by Gasteiger charge is 2.31. The van der Waals surface area contributed by atoms with E-state index in [1.54, 1.807) is 22.3 Å². The van der Waals surface area contributed by atoms with Crippen molar-refractivity contribution in [1.29, 1.82) is 0 Å². The Labute approximate surface area is 139 Å². The molecule has 0 aliphatic carbocycles. The highest BCUT2D eigenvalue weighted by molar-refractivity contribution is 7.12. The van der Waals surface area contributed by atoms with Crippen LogP contribution in [0.15, 0.2) is 30.3 Å². The number of amides is 1. The molecule has 0 bridgehead atoms. The fraction of sp³-hybridized carbons (Fsp3) is 0.333. The predicted octanol–water partition coefficient (Wildman–Crippen LogP) is 3.50. The molecular weight excluding hydrogens is 310 g/mol. The van der Waals surface area contributed by atoms with Crippen molar-refractivity contribution < 1.29 is 14.3 Å². The number of fused-ring (bicyclic) bond motifs is 1. The summed E-state index contributed by atoms with van der Waals surface area (Å²) >= 11 is 1.55. The SMILES string of the molecule is Cc1cc(C(=O)OCC(=O)N2c3ccccc3C[C@@H]2C)c(C)s1. The molecule has 2 heterocycles. The molecule has 4 nitrogen and oxygen atoms in total. The fourth-order valence-electron chi connectivity index (χ4n) is 3.05. The number of hydrogen-bond donors (Lipinski definition) is 0. The van der Waals surface area contributed by atoms with Gasteiger partial charge in [0.15, 0.2) is 6.61 Å². The Kier molecular flexibility index (Phi) is 4.22. The summed E-state index contributed by atoms with van der Waals surface area (Å²) in [6.45, 7) is 5.61. The van der Waals surface area contributed by atoms with E-state index in [1.165, 1.54) is 0 Å². The zero-order valence-corrected chi connectivity index (χ0v) is 14.3. The summed E-state index contributed by atoms with van der Waals surface area (Å²) in [6, 6.07) is 9.75. The number of rotatable bonds is 3. The molecule has 0 saturated heterocycles. The van der Waals surface area contributed by atoms with E-state index in [2.05, 4.69) is 0 Å².